The van der Waals surface area contributed by atoms with Crippen molar-refractivity contribution in [2.75, 3.05) is 19.8 Å². The van der Waals surface area contributed by atoms with Crippen molar-refractivity contribution in [1.29, 1.82) is 0 Å². The number of hydrogen-bond donors (Lipinski definition) is 4. The van der Waals surface area contributed by atoms with Crippen molar-refractivity contribution >= 4 is 5.97 Å². The van der Waals surface area contributed by atoms with E-state index >= 15 is 0 Å². The molecular weight excluding hydrogens is 320 g/mol. The molecular formula is C20H42O5. The first-order valence-electron chi connectivity index (χ1n) is 10.1. The third-order valence-corrected chi connectivity index (χ3v) is 4.75. The van der Waals surface area contributed by atoms with E-state index in [0.29, 0.717) is 12.8 Å². The normalized spacial score (nSPS) is 11.1. The molecule has 5 nitrogen and oxygen atoms in total. The van der Waals surface area contributed by atoms with Gasteiger partial charge in [0.2, 0.25) is 0 Å². The number of aliphatic hydroxyl groups is 3. The molecule has 0 saturated carbocycles. The van der Waals surface area contributed by atoms with Gasteiger partial charge in [-0.3, -0.25) is 4.79 Å². The van der Waals surface area contributed by atoms with Crippen molar-refractivity contribution < 1.29 is 25.2 Å². The summed E-state index contributed by atoms with van der Waals surface area (Å²) in [6.45, 7) is 3.60. The van der Waals surface area contributed by atoms with Gasteiger partial charge >= 0.3 is 5.97 Å². The summed E-state index contributed by atoms with van der Waals surface area (Å²) in [4.78, 5) is 10.3. The molecule has 0 aromatic rings. The van der Waals surface area contributed by atoms with Crippen molar-refractivity contribution in [1.82, 2.24) is 0 Å². The van der Waals surface area contributed by atoms with Crippen LogP contribution in [0.15, 0.2) is 0 Å². The second-order valence-corrected chi connectivity index (χ2v) is 7.01. The molecule has 0 rings (SSSR count). The van der Waals surface area contributed by atoms with Crippen molar-refractivity contribution in [3.05, 3.63) is 0 Å². The molecule has 152 valence electrons. The number of hydrogen-bond acceptors (Lipinski definition) is 4. The monoisotopic (exact) mass is 362 g/mol. The average molecular weight is 363 g/mol. The average Bonchev–Trinajstić information content (AvgIpc) is 2.62. The van der Waals surface area contributed by atoms with Gasteiger partial charge in [0.15, 0.2) is 0 Å². The molecule has 0 aliphatic heterocycles. The van der Waals surface area contributed by atoms with Gasteiger partial charge in [-0.25, -0.2) is 0 Å². The molecule has 0 aromatic heterocycles. The third kappa shape index (κ3) is 18.0. The Labute approximate surface area is 154 Å². The number of carboxylic acid groups (broad SMARTS) is 1. The summed E-state index contributed by atoms with van der Waals surface area (Å²) in [6, 6.07) is 0. The highest BCUT2D eigenvalue weighted by Crippen LogP contribution is 2.18. The van der Waals surface area contributed by atoms with Gasteiger partial charge in [-0.1, -0.05) is 78.1 Å². The number of carboxylic acids is 1. The standard InChI is InChI=1S/C14H28O2.C6H14O3/c1-2-3-4-5-6-7-8-9-10-11-12-13-14(15)16;1-2-6(3-7,4-8)5-9/h2-13H2,1H3,(H,15,16);7-9H,2-5H2,1H3. The molecule has 0 aliphatic rings. The molecule has 25 heavy (non-hydrogen) atoms. The summed E-state index contributed by atoms with van der Waals surface area (Å²) < 4.78 is 0. The Morgan fingerprint density at radius 3 is 1.28 bits per heavy atom. The molecule has 0 spiro atoms. The Hall–Kier alpha value is -0.650. The number of carbonyl (C=O) groups is 1. The SMILES string of the molecule is CCC(CO)(CO)CO.CCCCCCCCCCCCCC(=O)O. The summed E-state index contributed by atoms with van der Waals surface area (Å²) in [5.41, 5.74) is -0.667. The van der Waals surface area contributed by atoms with Crippen LogP contribution < -0.4 is 0 Å². The topological polar surface area (TPSA) is 98.0 Å². The van der Waals surface area contributed by atoms with Crippen LogP contribution in [-0.2, 0) is 4.79 Å². The van der Waals surface area contributed by atoms with Crippen LogP contribution in [0.2, 0.25) is 0 Å². The lowest BCUT2D eigenvalue weighted by molar-refractivity contribution is -0.137. The van der Waals surface area contributed by atoms with Gasteiger partial charge in [0.25, 0.3) is 0 Å². The lowest BCUT2D eigenvalue weighted by Crippen LogP contribution is -2.32. The summed E-state index contributed by atoms with van der Waals surface area (Å²) in [5, 5.41) is 34.4. The van der Waals surface area contributed by atoms with E-state index in [2.05, 4.69) is 6.92 Å². The Morgan fingerprint density at radius 2 is 1.04 bits per heavy atom. The Balaban J connectivity index is 0. The number of unbranched alkanes of at least 4 members (excludes halogenated alkanes) is 10. The first-order valence-corrected chi connectivity index (χ1v) is 10.1. The molecule has 0 amide bonds. The molecule has 0 fully saturated rings. The smallest absolute Gasteiger partial charge is 0.303 e. The molecule has 0 atom stereocenters. The molecule has 0 aliphatic carbocycles. The van der Waals surface area contributed by atoms with Crippen molar-refractivity contribution in [3.8, 4) is 0 Å². The van der Waals surface area contributed by atoms with Gasteiger partial charge in [0, 0.05) is 11.8 Å². The number of rotatable bonds is 16. The van der Waals surface area contributed by atoms with Gasteiger partial charge in [0.05, 0.1) is 19.8 Å². The molecule has 0 saturated heterocycles. The maximum atomic E-state index is 10.3. The zero-order valence-electron chi connectivity index (χ0n) is 16.5. The zero-order chi connectivity index (χ0) is 19.4. The summed E-state index contributed by atoms with van der Waals surface area (Å²) >= 11 is 0. The number of aliphatic hydroxyl groups excluding tert-OH is 3. The van der Waals surface area contributed by atoms with Gasteiger partial charge in [-0.15, -0.1) is 0 Å². The molecule has 0 radical (unpaired) electrons. The van der Waals surface area contributed by atoms with E-state index in [-0.39, 0.29) is 19.8 Å². The van der Waals surface area contributed by atoms with Gasteiger partial charge in [0.1, 0.15) is 0 Å². The minimum Gasteiger partial charge on any atom is -0.481 e. The molecule has 0 heterocycles. The summed E-state index contributed by atoms with van der Waals surface area (Å²) in [6.07, 6.45) is 15.0. The fraction of sp³-hybridized carbons (Fsp3) is 0.950. The van der Waals surface area contributed by atoms with Gasteiger partial charge in [-0.2, -0.15) is 0 Å². The van der Waals surface area contributed by atoms with Gasteiger partial charge < -0.3 is 20.4 Å². The first kappa shape index (κ1) is 26.6. The maximum absolute atomic E-state index is 10.3. The van der Waals surface area contributed by atoms with Crippen LogP contribution in [0.4, 0.5) is 0 Å². The highest BCUT2D eigenvalue weighted by atomic mass is 16.4. The highest BCUT2D eigenvalue weighted by Gasteiger charge is 2.24. The quantitative estimate of drug-likeness (QED) is 0.309. The second-order valence-electron chi connectivity index (χ2n) is 7.01. The third-order valence-electron chi connectivity index (χ3n) is 4.75. The van der Waals surface area contributed by atoms with E-state index < -0.39 is 11.4 Å². The van der Waals surface area contributed by atoms with Crippen LogP contribution >= 0.6 is 0 Å². The van der Waals surface area contributed by atoms with Crippen LogP contribution in [0.25, 0.3) is 0 Å². The maximum Gasteiger partial charge on any atom is 0.303 e. The van der Waals surface area contributed by atoms with E-state index in [4.69, 9.17) is 20.4 Å². The fourth-order valence-electron chi connectivity index (χ4n) is 2.43. The lowest BCUT2D eigenvalue weighted by atomic mass is 9.88. The second kappa shape index (κ2) is 19.7. The predicted octanol–water partition coefficient (Wildman–Crippen LogP) is 4.13. The predicted molar refractivity (Wildman–Crippen MR) is 103 cm³/mol. The van der Waals surface area contributed by atoms with Crippen LogP contribution in [0.5, 0.6) is 0 Å². The van der Waals surface area contributed by atoms with E-state index in [0.717, 1.165) is 12.8 Å². The van der Waals surface area contributed by atoms with E-state index in [1.807, 2.05) is 6.92 Å². The van der Waals surface area contributed by atoms with E-state index in [9.17, 15) is 4.79 Å². The summed E-state index contributed by atoms with van der Waals surface area (Å²) in [7, 11) is 0. The van der Waals surface area contributed by atoms with Crippen molar-refractivity contribution in [3.63, 3.8) is 0 Å². The van der Waals surface area contributed by atoms with Crippen LogP contribution in [0, 0.1) is 5.41 Å². The zero-order valence-corrected chi connectivity index (χ0v) is 16.5. The summed E-state index contributed by atoms with van der Waals surface area (Å²) in [5.74, 6) is -0.657. The Morgan fingerprint density at radius 1 is 0.680 bits per heavy atom. The van der Waals surface area contributed by atoms with E-state index in [1.165, 1.54) is 57.8 Å². The molecule has 5 heteroatoms. The minimum atomic E-state index is -0.667. The van der Waals surface area contributed by atoms with Crippen LogP contribution in [0.1, 0.15) is 97.3 Å². The molecule has 0 aromatic carbocycles. The largest absolute Gasteiger partial charge is 0.481 e. The highest BCUT2D eigenvalue weighted by molar-refractivity contribution is 5.66. The molecule has 0 unspecified atom stereocenters. The minimum absolute atomic E-state index is 0.156. The van der Waals surface area contributed by atoms with Crippen molar-refractivity contribution in [2.45, 2.75) is 97.3 Å². The van der Waals surface area contributed by atoms with Gasteiger partial charge in [-0.05, 0) is 12.8 Å². The van der Waals surface area contributed by atoms with Crippen LogP contribution in [0.3, 0.4) is 0 Å². The Kier molecular flexibility index (Phi) is 20.9. The number of aliphatic carboxylic acids is 1. The van der Waals surface area contributed by atoms with Crippen LogP contribution in [-0.4, -0.2) is 46.2 Å². The lowest BCUT2D eigenvalue weighted by Gasteiger charge is -2.24. The fourth-order valence-corrected chi connectivity index (χ4v) is 2.43. The van der Waals surface area contributed by atoms with Crippen molar-refractivity contribution in [2.24, 2.45) is 5.41 Å². The molecule has 4 N–H and O–H groups in total. The van der Waals surface area contributed by atoms with E-state index in [1.54, 1.807) is 0 Å². The Bertz CT molecular complexity index is 260. The molecule has 0 bridgehead atoms. The first-order chi connectivity index (χ1) is 12.0.